The molecule has 2 aromatic rings. The van der Waals surface area contributed by atoms with Gasteiger partial charge >= 0.3 is 0 Å². The highest BCUT2D eigenvalue weighted by atomic mass is 35.5. The van der Waals surface area contributed by atoms with Crippen molar-refractivity contribution < 1.29 is 5.11 Å². The van der Waals surface area contributed by atoms with Gasteiger partial charge < -0.3 is 5.11 Å². The maximum Gasteiger partial charge on any atom is 0.0767 e. The fraction of sp³-hybridized carbons (Fsp3) is 0.125. The first-order chi connectivity index (χ1) is 8.66. The van der Waals surface area contributed by atoms with Gasteiger partial charge in [-0.05, 0) is 41.8 Å². The van der Waals surface area contributed by atoms with Crippen LogP contribution in [0.15, 0.2) is 54.6 Å². The summed E-state index contributed by atoms with van der Waals surface area (Å²) in [5.74, 6) is 0. The SMILES string of the molecule is CC(O)C(=Cc1ccc(Cl)cc1)c1ccccc1. The summed E-state index contributed by atoms with van der Waals surface area (Å²) in [6.45, 7) is 1.77. The molecule has 2 rings (SSSR count). The quantitative estimate of drug-likeness (QED) is 0.816. The molecule has 0 saturated carbocycles. The van der Waals surface area contributed by atoms with E-state index in [0.717, 1.165) is 16.7 Å². The van der Waals surface area contributed by atoms with Crippen LogP contribution in [0.1, 0.15) is 18.1 Å². The standard InChI is InChI=1S/C16H15ClO/c1-12(18)16(14-5-3-2-4-6-14)11-13-7-9-15(17)10-8-13/h2-12,18H,1H3. The number of aliphatic hydroxyl groups is 1. The second kappa shape index (κ2) is 5.85. The third kappa shape index (κ3) is 3.22. The summed E-state index contributed by atoms with van der Waals surface area (Å²) in [7, 11) is 0. The molecule has 0 fully saturated rings. The van der Waals surface area contributed by atoms with Gasteiger partial charge in [-0.3, -0.25) is 0 Å². The average molecular weight is 259 g/mol. The van der Waals surface area contributed by atoms with E-state index in [1.807, 2.05) is 60.7 Å². The normalized spacial score (nSPS) is 13.4. The van der Waals surface area contributed by atoms with E-state index in [1.165, 1.54) is 0 Å². The molecule has 2 aromatic carbocycles. The van der Waals surface area contributed by atoms with Crippen LogP contribution in [0.4, 0.5) is 0 Å². The maximum atomic E-state index is 9.89. The molecule has 0 radical (unpaired) electrons. The molecule has 0 saturated heterocycles. The minimum atomic E-state index is -0.511. The minimum absolute atomic E-state index is 0.511. The summed E-state index contributed by atoms with van der Waals surface area (Å²) in [6.07, 6.45) is 1.47. The number of rotatable bonds is 3. The van der Waals surface area contributed by atoms with Crippen molar-refractivity contribution in [2.24, 2.45) is 0 Å². The number of aliphatic hydroxyl groups excluding tert-OH is 1. The molecule has 92 valence electrons. The Morgan fingerprint density at radius 2 is 1.67 bits per heavy atom. The van der Waals surface area contributed by atoms with Crippen LogP contribution in [0.5, 0.6) is 0 Å². The molecule has 0 bridgehead atoms. The molecule has 1 nitrogen and oxygen atoms in total. The van der Waals surface area contributed by atoms with E-state index in [9.17, 15) is 5.11 Å². The summed E-state index contributed by atoms with van der Waals surface area (Å²) in [5.41, 5.74) is 2.96. The Hall–Kier alpha value is -1.57. The average Bonchev–Trinajstić information content (AvgIpc) is 2.38. The largest absolute Gasteiger partial charge is 0.389 e. The lowest BCUT2D eigenvalue weighted by molar-refractivity contribution is 0.254. The highest BCUT2D eigenvalue weighted by molar-refractivity contribution is 6.30. The van der Waals surface area contributed by atoms with E-state index in [-0.39, 0.29) is 0 Å². The Bertz CT molecular complexity index is 527. The van der Waals surface area contributed by atoms with Gasteiger partial charge in [-0.25, -0.2) is 0 Å². The molecular formula is C16H15ClO. The first kappa shape index (κ1) is 12.9. The molecule has 1 atom stereocenters. The second-order valence-electron chi connectivity index (χ2n) is 4.19. The Morgan fingerprint density at radius 1 is 1.06 bits per heavy atom. The zero-order valence-corrected chi connectivity index (χ0v) is 10.9. The van der Waals surface area contributed by atoms with Crippen LogP contribution in [0.2, 0.25) is 5.02 Å². The third-order valence-corrected chi connectivity index (χ3v) is 3.00. The van der Waals surface area contributed by atoms with E-state index in [0.29, 0.717) is 5.02 Å². The highest BCUT2D eigenvalue weighted by Gasteiger charge is 2.07. The molecule has 0 aromatic heterocycles. The first-order valence-electron chi connectivity index (χ1n) is 5.87. The van der Waals surface area contributed by atoms with Crippen LogP contribution in [-0.4, -0.2) is 11.2 Å². The highest BCUT2D eigenvalue weighted by Crippen LogP contribution is 2.22. The zero-order chi connectivity index (χ0) is 13.0. The number of benzene rings is 2. The molecule has 0 aliphatic heterocycles. The fourth-order valence-corrected chi connectivity index (χ4v) is 1.94. The maximum absolute atomic E-state index is 9.89. The van der Waals surface area contributed by atoms with Crippen molar-refractivity contribution in [2.75, 3.05) is 0 Å². The molecule has 0 amide bonds. The summed E-state index contributed by atoms with van der Waals surface area (Å²) >= 11 is 5.86. The molecule has 1 N–H and O–H groups in total. The van der Waals surface area contributed by atoms with Crippen molar-refractivity contribution in [3.63, 3.8) is 0 Å². The molecule has 2 heteroatoms. The lowest BCUT2D eigenvalue weighted by Gasteiger charge is -2.11. The van der Waals surface area contributed by atoms with Crippen LogP contribution in [0.3, 0.4) is 0 Å². The Kier molecular flexibility index (Phi) is 4.19. The number of hydrogen-bond acceptors (Lipinski definition) is 1. The molecule has 0 aliphatic rings. The van der Waals surface area contributed by atoms with Gasteiger partial charge in [0.1, 0.15) is 0 Å². The van der Waals surface area contributed by atoms with Crippen LogP contribution < -0.4 is 0 Å². The van der Waals surface area contributed by atoms with Crippen molar-refractivity contribution in [3.8, 4) is 0 Å². The van der Waals surface area contributed by atoms with Crippen molar-refractivity contribution >= 4 is 23.3 Å². The van der Waals surface area contributed by atoms with Gasteiger partial charge in [0.05, 0.1) is 6.10 Å². The molecule has 18 heavy (non-hydrogen) atoms. The predicted octanol–water partition coefficient (Wildman–Crippen LogP) is 4.26. The molecule has 0 spiro atoms. The van der Waals surface area contributed by atoms with Crippen LogP contribution >= 0.6 is 11.6 Å². The summed E-state index contributed by atoms with van der Waals surface area (Å²) in [5, 5.41) is 10.6. The molecule has 0 heterocycles. The molecule has 1 unspecified atom stereocenters. The van der Waals surface area contributed by atoms with Gasteiger partial charge in [0.2, 0.25) is 0 Å². The van der Waals surface area contributed by atoms with Crippen molar-refractivity contribution in [2.45, 2.75) is 13.0 Å². The third-order valence-electron chi connectivity index (χ3n) is 2.75. The van der Waals surface area contributed by atoms with Crippen molar-refractivity contribution in [1.29, 1.82) is 0 Å². The van der Waals surface area contributed by atoms with E-state index < -0.39 is 6.10 Å². The smallest absolute Gasteiger partial charge is 0.0767 e. The zero-order valence-electron chi connectivity index (χ0n) is 10.2. The lowest BCUT2D eigenvalue weighted by Crippen LogP contribution is -2.03. The van der Waals surface area contributed by atoms with E-state index in [2.05, 4.69) is 0 Å². The lowest BCUT2D eigenvalue weighted by atomic mass is 9.99. The Labute approximate surface area is 112 Å². The van der Waals surface area contributed by atoms with Crippen LogP contribution in [0.25, 0.3) is 11.6 Å². The van der Waals surface area contributed by atoms with Gasteiger partial charge in [0, 0.05) is 5.02 Å². The summed E-state index contributed by atoms with van der Waals surface area (Å²) < 4.78 is 0. The minimum Gasteiger partial charge on any atom is -0.389 e. The summed E-state index contributed by atoms with van der Waals surface area (Å²) in [4.78, 5) is 0. The number of hydrogen-bond donors (Lipinski definition) is 1. The van der Waals surface area contributed by atoms with Crippen LogP contribution in [-0.2, 0) is 0 Å². The fourth-order valence-electron chi connectivity index (χ4n) is 1.81. The molecule has 0 aliphatic carbocycles. The molecular weight excluding hydrogens is 244 g/mol. The van der Waals surface area contributed by atoms with Gasteiger partial charge in [0.15, 0.2) is 0 Å². The topological polar surface area (TPSA) is 20.2 Å². The second-order valence-corrected chi connectivity index (χ2v) is 4.63. The van der Waals surface area contributed by atoms with Gasteiger partial charge in [0.25, 0.3) is 0 Å². The monoisotopic (exact) mass is 258 g/mol. The van der Waals surface area contributed by atoms with Gasteiger partial charge in [-0.15, -0.1) is 0 Å². The summed E-state index contributed by atoms with van der Waals surface area (Å²) in [6, 6.07) is 17.5. The van der Waals surface area contributed by atoms with E-state index in [1.54, 1.807) is 6.92 Å². The predicted molar refractivity (Wildman–Crippen MR) is 77.4 cm³/mol. The van der Waals surface area contributed by atoms with Crippen molar-refractivity contribution in [1.82, 2.24) is 0 Å². The van der Waals surface area contributed by atoms with Crippen molar-refractivity contribution in [3.05, 3.63) is 70.7 Å². The van der Waals surface area contributed by atoms with E-state index in [4.69, 9.17) is 11.6 Å². The first-order valence-corrected chi connectivity index (χ1v) is 6.25. The van der Waals surface area contributed by atoms with Gasteiger partial charge in [-0.1, -0.05) is 54.1 Å². The Morgan fingerprint density at radius 3 is 2.22 bits per heavy atom. The van der Waals surface area contributed by atoms with Gasteiger partial charge in [-0.2, -0.15) is 0 Å². The Balaban J connectivity index is 2.39. The number of halogens is 1. The van der Waals surface area contributed by atoms with Crippen LogP contribution in [0, 0.1) is 0 Å². The van der Waals surface area contributed by atoms with E-state index >= 15 is 0 Å².